The summed E-state index contributed by atoms with van der Waals surface area (Å²) in [6.07, 6.45) is 2.52. The lowest BCUT2D eigenvalue weighted by Crippen LogP contribution is -2.40. The molecule has 1 aromatic rings. The van der Waals surface area contributed by atoms with Crippen LogP contribution in [0.3, 0.4) is 0 Å². The second-order valence-corrected chi connectivity index (χ2v) is 7.46. The third-order valence-electron chi connectivity index (χ3n) is 3.64. The minimum atomic E-state index is -0.456. The number of rotatable bonds is 4. The molecular formula is C15H20BrF2N. The van der Waals surface area contributed by atoms with Gasteiger partial charge in [-0.3, -0.25) is 0 Å². The zero-order chi connectivity index (χ0) is 14.3. The quantitative estimate of drug-likeness (QED) is 0.804. The average molecular weight is 332 g/mol. The Labute approximate surface area is 121 Å². The van der Waals surface area contributed by atoms with Gasteiger partial charge in [0.1, 0.15) is 11.6 Å². The predicted molar refractivity (Wildman–Crippen MR) is 77.2 cm³/mol. The van der Waals surface area contributed by atoms with Crippen LogP contribution >= 0.6 is 15.9 Å². The van der Waals surface area contributed by atoms with Crippen LogP contribution in [0.1, 0.15) is 39.2 Å². The van der Waals surface area contributed by atoms with Gasteiger partial charge in [-0.15, -0.1) is 0 Å². The standard InChI is InChI=1S/C15H20BrF2N/c1-14(2,3)19-9-15(6-7-15)8-10-12(17)5-4-11(16)13(10)18/h4-5,19H,6-9H2,1-3H3. The SMILES string of the molecule is CC(C)(C)NCC1(Cc2c(F)ccc(Br)c2F)CC1. The summed E-state index contributed by atoms with van der Waals surface area (Å²) in [4.78, 5) is 0. The van der Waals surface area contributed by atoms with Gasteiger partial charge in [0, 0.05) is 17.6 Å². The van der Waals surface area contributed by atoms with Gasteiger partial charge in [0.15, 0.2) is 0 Å². The Morgan fingerprint density at radius 2 is 1.89 bits per heavy atom. The van der Waals surface area contributed by atoms with Crippen LogP contribution in [-0.2, 0) is 6.42 Å². The van der Waals surface area contributed by atoms with Crippen LogP contribution in [0.25, 0.3) is 0 Å². The second kappa shape index (κ2) is 5.13. The molecule has 1 N–H and O–H groups in total. The van der Waals surface area contributed by atoms with E-state index in [4.69, 9.17) is 0 Å². The Hall–Kier alpha value is -0.480. The zero-order valence-corrected chi connectivity index (χ0v) is 13.2. The third-order valence-corrected chi connectivity index (χ3v) is 4.25. The molecule has 1 aromatic carbocycles. The normalized spacial score (nSPS) is 17.6. The first-order valence-corrected chi connectivity index (χ1v) is 7.39. The summed E-state index contributed by atoms with van der Waals surface area (Å²) < 4.78 is 28.1. The maximum Gasteiger partial charge on any atom is 0.143 e. The van der Waals surface area contributed by atoms with Crippen LogP contribution in [0, 0.1) is 17.0 Å². The third kappa shape index (κ3) is 3.76. The van der Waals surface area contributed by atoms with Gasteiger partial charge in [0.05, 0.1) is 4.47 Å². The van der Waals surface area contributed by atoms with E-state index in [1.54, 1.807) is 0 Å². The van der Waals surface area contributed by atoms with Crippen molar-refractivity contribution in [3.05, 3.63) is 33.8 Å². The van der Waals surface area contributed by atoms with Gasteiger partial charge in [-0.25, -0.2) is 8.78 Å². The monoisotopic (exact) mass is 331 g/mol. The van der Waals surface area contributed by atoms with Crippen molar-refractivity contribution in [2.45, 2.75) is 45.6 Å². The summed E-state index contributed by atoms with van der Waals surface area (Å²) in [6.45, 7) is 7.11. The molecule has 0 spiro atoms. The average Bonchev–Trinajstić information content (AvgIpc) is 3.07. The highest BCUT2D eigenvalue weighted by atomic mass is 79.9. The Morgan fingerprint density at radius 3 is 2.42 bits per heavy atom. The molecule has 0 radical (unpaired) electrons. The largest absolute Gasteiger partial charge is 0.312 e. The Balaban J connectivity index is 2.11. The van der Waals surface area contributed by atoms with E-state index >= 15 is 0 Å². The fourth-order valence-corrected chi connectivity index (χ4v) is 2.52. The smallest absolute Gasteiger partial charge is 0.143 e. The lowest BCUT2D eigenvalue weighted by molar-refractivity contribution is 0.350. The first-order chi connectivity index (χ1) is 8.72. The highest BCUT2D eigenvalue weighted by molar-refractivity contribution is 9.10. The Morgan fingerprint density at radius 1 is 1.26 bits per heavy atom. The molecule has 1 aliphatic carbocycles. The van der Waals surface area contributed by atoms with Crippen molar-refractivity contribution in [1.29, 1.82) is 0 Å². The predicted octanol–water partition coefficient (Wildman–Crippen LogP) is 4.44. The number of nitrogens with one attached hydrogen (secondary N) is 1. The van der Waals surface area contributed by atoms with Gasteiger partial charge in [-0.05, 0) is 73.5 Å². The molecule has 0 unspecified atom stereocenters. The van der Waals surface area contributed by atoms with E-state index in [0.29, 0.717) is 10.9 Å². The van der Waals surface area contributed by atoms with E-state index < -0.39 is 11.6 Å². The van der Waals surface area contributed by atoms with Crippen LogP contribution in [0.4, 0.5) is 8.78 Å². The molecule has 0 aliphatic heterocycles. The summed E-state index contributed by atoms with van der Waals surface area (Å²) in [5.74, 6) is -0.898. The Kier molecular flexibility index (Phi) is 4.03. The maximum atomic E-state index is 14.0. The molecule has 0 atom stereocenters. The van der Waals surface area contributed by atoms with E-state index in [1.807, 2.05) is 0 Å². The van der Waals surface area contributed by atoms with Crippen LogP contribution in [0.2, 0.25) is 0 Å². The number of halogens is 3. The summed E-state index contributed by atoms with van der Waals surface area (Å²) >= 11 is 3.12. The molecule has 0 amide bonds. The molecule has 0 aromatic heterocycles. The van der Waals surface area contributed by atoms with Gasteiger partial charge < -0.3 is 5.32 Å². The van der Waals surface area contributed by atoms with E-state index in [-0.39, 0.29) is 16.5 Å². The van der Waals surface area contributed by atoms with Crippen molar-refractivity contribution in [2.24, 2.45) is 5.41 Å². The number of benzene rings is 1. The van der Waals surface area contributed by atoms with E-state index in [9.17, 15) is 8.78 Å². The van der Waals surface area contributed by atoms with E-state index in [2.05, 4.69) is 42.0 Å². The van der Waals surface area contributed by atoms with Crippen molar-refractivity contribution >= 4 is 15.9 Å². The van der Waals surface area contributed by atoms with Gasteiger partial charge >= 0.3 is 0 Å². The maximum absolute atomic E-state index is 14.0. The minimum absolute atomic E-state index is 0.0236. The molecule has 1 aliphatic rings. The molecule has 106 valence electrons. The molecule has 1 saturated carbocycles. The van der Waals surface area contributed by atoms with Gasteiger partial charge in [-0.2, -0.15) is 0 Å². The van der Waals surface area contributed by atoms with Gasteiger partial charge in [0.2, 0.25) is 0 Å². The van der Waals surface area contributed by atoms with Gasteiger partial charge in [0.25, 0.3) is 0 Å². The molecule has 19 heavy (non-hydrogen) atoms. The van der Waals surface area contributed by atoms with Crippen LogP contribution in [-0.4, -0.2) is 12.1 Å². The molecule has 1 fully saturated rings. The summed E-state index contributed by atoms with van der Waals surface area (Å²) in [7, 11) is 0. The number of hydrogen-bond acceptors (Lipinski definition) is 1. The van der Waals surface area contributed by atoms with Crippen LogP contribution in [0.5, 0.6) is 0 Å². The van der Waals surface area contributed by atoms with E-state index in [1.165, 1.54) is 12.1 Å². The van der Waals surface area contributed by atoms with Crippen molar-refractivity contribution in [3.63, 3.8) is 0 Å². The highest BCUT2D eigenvalue weighted by Crippen LogP contribution is 2.49. The van der Waals surface area contributed by atoms with Crippen molar-refractivity contribution < 1.29 is 8.78 Å². The lowest BCUT2D eigenvalue weighted by atomic mass is 9.94. The minimum Gasteiger partial charge on any atom is -0.312 e. The van der Waals surface area contributed by atoms with E-state index in [0.717, 1.165) is 19.4 Å². The topological polar surface area (TPSA) is 12.0 Å². The molecule has 2 rings (SSSR count). The van der Waals surface area contributed by atoms with Crippen molar-refractivity contribution in [2.75, 3.05) is 6.54 Å². The molecule has 4 heteroatoms. The first-order valence-electron chi connectivity index (χ1n) is 6.60. The summed E-state index contributed by atoms with van der Waals surface area (Å²) in [5.41, 5.74) is 0.266. The van der Waals surface area contributed by atoms with Crippen LogP contribution < -0.4 is 5.32 Å². The van der Waals surface area contributed by atoms with Crippen molar-refractivity contribution in [1.82, 2.24) is 5.32 Å². The molecule has 0 saturated heterocycles. The summed E-state index contributed by atoms with van der Waals surface area (Å²) in [5, 5.41) is 3.44. The fraction of sp³-hybridized carbons (Fsp3) is 0.600. The molecule has 1 nitrogen and oxygen atoms in total. The fourth-order valence-electron chi connectivity index (χ4n) is 2.15. The molecule has 0 heterocycles. The zero-order valence-electron chi connectivity index (χ0n) is 11.6. The number of hydrogen-bond donors (Lipinski definition) is 1. The highest BCUT2D eigenvalue weighted by Gasteiger charge is 2.44. The lowest BCUT2D eigenvalue weighted by Gasteiger charge is -2.25. The Bertz CT molecular complexity index is 476. The van der Waals surface area contributed by atoms with Crippen LogP contribution in [0.15, 0.2) is 16.6 Å². The van der Waals surface area contributed by atoms with Crippen molar-refractivity contribution in [3.8, 4) is 0 Å². The second-order valence-electron chi connectivity index (χ2n) is 6.60. The molecule has 0 bridgehead atoms. The molecular weight excluding hydrogens is 312 g/mol. The van der Waals surface area contributed by atoms with Gasteiger partial charge in [-0.1, -0.05) is 0 Å². The first kappa shape index (κ1) is 14.9. The summed E-state index contributed by atoms with van der Waals surface area (Å²) in [6, 6.07) is 2.75.